The third-order valence-electron chi connectivity index (χ3n) is 2.54. The molecule has 1 saturated heterocycles. The molecule has 0 amide bonds. The normalized spacial score (nSPS) is 18.3. The molecule has 76 valence electrons. The van der Waals surface area contributed by atoms with E-state index in [4.69, 9.17) is 4.42 Å². The van der Waals surface area contributed by atoms with E-state index in [1.807, 2.05) is 0 Å². The van der Waals surface area contributed by atoms with Crippen LogP contribution in [-0.2, 0) is 11.2 Å². The van der Waals surface area contributed by atoms with Crippen molar-refractivity contribution in [2.45, 2.75) is 25.2 Å². The van der Waals surface area contributed by atoms with Crippen LogP contribution in [0.3, 0.4) is 0 Å². The molecule has 14 heavy (non-hydrogen) atoms. The molecular formula is C10H14N2O2. The molecule has 1 N–H and O–H groups in total. The second-order valence-corrected chi connectivity index (χ2v) is 3.56. The first-order valence-corrected chi connectivity index (χ1v) is 4.99. The topological polar surface area (TPSA) is 55.1 Å². The van der Waals surface area contributed by atoms with Crippen LogP contribution in [0, 0.1) is 0 Å². The van der Waals surface area contributed by atoms with Crippen LogP contribution < -0.4 is 5.32 Å². The first-order valence-electron chi connectivity index (χ1n) is 4.99. The lowest BCUT2D eigenvalue weighted by Crippen LogP contribution is -2.26. The van der Waals surface area contributed by atoms with Gasteiger partial charge in [0.25, 0.3) is 0 Å². The van der Waals surface area contributed by atoms with Crippen LogP contribution in [0.5, 0.6) is 0 Å². The predicted octanol–water partition coefficient (Wildman–Crippen LogP) is 0.883. The summed E-state index contributed by atoms with van der Waals surface area (Å²) in [6, 6.07) is 0. The summed E-state index contributed by atoms with van der Waals surface area (Å²) in [5, 5.41) is 3.29. The number of rotatable bonds is 3. The van der Waals surface area contributed by atoms with Crippen LogP contribution in [0.2, 0.25) is 0 Å². The maximum absolute atomic E-state index is 10.3. The van der Waals surface area contributed by atoms with Crippen molar-refractivity contribution < 1.29 is 9.21 Å². The van der Waals surface area contributed by atoms with Crippen molar-refractivity contribution in [1.82, 2.24) is 10.3 Å². The van der Waals surface area contributed by atoms with Crippen molar-refractivity contribution in [2.75, 3.05) is 13.1 Å². The van der Waals surface area contributed by atoms with Gasteiger partial charge in [0.2, 0.25) is 0 Å². The van der Waals surface area contributed by atoms with Crippen LogP contribution >= 0.6 is 0 Å². The van der Waals surface area contributed by atoms with E-state index in [0.29, 0.717) is 18.1 Å². The highest BCUT2D eigenvalue weighted by atomic mass is 16.4. The van der Waals surface area contributed by atoms with Gasteiger partial charge >= 0.3 is 0 Å². The molecule has 4 heteroatoms. The van der Waals surface area contributed by atoms with Crippen LogP contribution in [0.15, 0.2) is 10.6 Å². The molecule has 1 aromatic rings. The third-order valence-corrected chi connectivity index (χ3v) is 2.54. The summed E-state index contributed by atoms with van der Waals surface area (Å²) in [5.41, 5.74) is 0. The summed E-state index contributed by atoms with van der Waals surface area (Å²) in [4.78, 5) is 14.5. The lowest BCUT2D eigenvalue weighted by Gasteiger charge is -2.19. The summed E-state index contributed by atoms with van der Waals surface area (Å²) < 4.78 is 5.49. The molecule has 0 atom stereocenters. The Hall–Kier alpha value is -1.16. The molecule has 1 fully saturated rings. The van der Waals surface area contributed by atoms with E-state index in [9.17, 15) is 4.79 Å². The van der Waals surface area contributed by atoms with Crippen molar-refractivity contribution in [3.63, 3.8) is 0 Å². The smallest absolute Gasteiger partial charge is 0.197 e. The molecule has 0 aliphatic carbocycles. The minimum atomic E-state index is 0.331. The summed E-state index contributed by atoms with van der Waals surface area (Å²) in [7, 11) is 0. The second kappa shape index (κ2) is 4.37. The van der Waals surface area contributed by atoms with Gasteiger partial charge in [-0.1, -0.05) is 0 Å². The second-order valence-electron chi connectivity index (χ2n) is 3.56. The van der Waals surface area contributed by atoms with Gasteiger partial charge in [-0.3, -0.25) is 0 Å². The van der Waals surface area contributed by atoms with E-state index in [-0.39, 0.29) is 0 Å². The number of nitrogens with zero attached hydrogens (tertiary/aromatic N) is 1. The van der Waals surface area contributed by atoms with Gasteiger partial charge in [-0.2, -0.15) is 0 Å². The highest BCUT2D eigenvalue weighted by molar-refractivity contribution is 5.52. The fourth-order valence-electron chi connectivity index (χ4n) is 1.76. The van der Waals surface area contributed by atoms with Gasteiger partial charge in [-0.15, -0.1) is 0 Å². The van der Waals surface area contributed by atoms with Crippen molar-refractivity contribution in [3.05, 3.63) is 17.8 Å². The van der Waals surface area contributed by atoms with E-state index in [2.05, 4.69) is 10.3 Å². The molecule has 2 heterocycles. The van der Waals surface area contributed by atoms with Crippen molar-refractivity contribution in [1.29, 1.82) is 0 Å². The maximum atomic E-state index is 10.3. The number of carbonyl (C=O) groups is 1. The number of piperidine rings is 1. The van der Waals surface area contributed by atoms with E-state index >= 15 is 0 Å². The largest absolute Gasteiger partial charge is 0.445 e. The number of aldehydes is 1. The number of hydrogen-bond donors (Lipinski definition) is 1. The lowest BCUT2D eigenvalue weighted by atomic mass is 9.98. The van der Waals surface area contributed by atoms with E-state index in [1.54, 1.807) is 6.20 Å². The third kappa shape index (κ3) is 2.01. The monoisotopic (exact) mass is 194 g/mol. The zero-order valence-corrected chi connectivity index (χ0v) is 8.03. The average Bonchev–Trinajstić information content (AvgIpc) is 2.68. The summed E-state index contributed by atoms with van der Waals surface area (Å²) in [6.07, 6.45) is 4.97. The number of nitrogens with one attached hydrogen (secondary N) is 1. The van der Waals surface area contributed by atoms with Gasteiger partial charge in [-0.05, 0) is 25.9 Å². The Morgan fingerprint density at radius 2 is 2.36 bits per heavy atom. The zero-order valence-electron chi connectivity index (χ0n) is 8.03. The van der Waals surface area contributed by atoms with Crippen LogP contribution in [0.4, 0.5) is 0 Å². The molecule has 0 saturated carbocycles. The van der Waals surface area contributed by atoms with E-state index < -0.39 is 0 Å². The Labute approximate surface area is 82.7 Å². The SMILES string of the molecule is O=CCc1cnc(C2CCNCC2)o1. The molecule has 1 aromatic heterocycles. The summed E-state index contributed by atoms with van der Waals surface area (Å²) >= 11 is 0. The van der Waals surface area contributed by atoms with Gasteiger partial charge in [-0.25, -0.2) is 4.98 Å². The first-order chi connectivity index (χ1) is 6.90. The van der Waals surface area contributed by atoms with E-state index in [0.717, 1.165) is 38.1 Å². The standard InChI is InChI=1S/C10H14N2O2/c13-6-3-9-7-12-10(14-9)8-1-4-11-5-2-8/h6-8,11H,1-5H2. The number of oxazole rings is 1. The van der Waals surface area contributed by atoms with Gasteiger partial charge in [0.05, 0.1) is 12.6 Å². The summed E-state index contributed by atoms with van der Waals surface area (Å²) in [5.74, 6) is 1.90. The van der Waals surface area contributed by atoms with Crippen molar-refractivity contribution in [3.8, 4) is 0 Å². The molecule has 1 aliphatic heterocycles. The molecule has 0 aromatic carbocycles. The fraction of sp³-hybridized carbons (Fsp3) is 0.600. The average molecular weight is 194 g/mol. The predicted molar refractivity (Wildman–Crippen MR) is 51.1 cm³/mol. The van der Waals surface area contributed by atoms with Crippen LogP contribution in [0.1, 0.15) is 30.4 Å². The van der Waals surface area contributed by atoms with Gasteiger partial charge < -0.3 is 14.5 Å². The minimum Gasteiger partial charge on any atom is -0.445 e. The van der Waals surface area contributed by atoms with Gasteiger partial charge in [0.15, 0.2) is 5.89 Å². The fourth-order valence-corrected chi connectivity index (χ4v) is 1.76. The Bertz CT molecular complexity index is 303. The molecule has 0 bridgehead atoms. The molecular weight excluding hydrogens is 180 g/mol. The van der Waals surface area contributed by atoms with Crippen molar-refractivity contribution in [2.24, 2.45) is 0 Å². The lowest BCUT2D eigenvalue weighted by molar-refractivity contribution is -0.107. The molecule has 1 aliphatic rings. The Balaban J connectivity index is 2.03. The van der Waals surface area contributed by atoms with Crippen LogP contribution in [0.25, 0.3) is 0 Å². The highest BCUT2D eigenvalue weighted by Crippen LogP contribution is 2.24. The molecule has 4 nitrogen and oxygen atoms in total. The van der Waals surface area contributed by atoms with Gasteiger partial charge in [0, 0.05) is 5.92 Å². The quantitative estimate of drug-likeness (QED) is 0.726. The molecule has 2 rings (SSSR count). The van der Waals surface area contributed by atoms with E-state index in [1.165, 1.54) is 0 Å². The summed E-state index contributed by atoms with van der Waals surface area (Å²) in [6.45, 7) is 2.05. The van der Waals surface area contributed by atoms with Crippen LogP contribution in [-0.4, -0.2) is 24.4 Å². The minimum absolute atomic E-state index is 0.331. The Morgan fingerprint density at radius 1 is 1.57 bits per heavy atom. The molecule has 0 unspecified atom stereocenters. The highest BCUT2D eigenvalue weighted by Gasteiger charge is 2.19. The maximum Gasteiger partial charge on any atom is 0.197 e. The first kappa shape index (κ1) is 9.40. The molecule has 0 radical (unpaired) electrons. The van der Waals surface area contributed by atoms with Gasteiger partial charge in [0.1, 0.15) is 12.0 Å². The Kier molecular flexibility index (Phi) is 2.93. The number of hydrogen-bond acceptors (Lipinski definition) is 4. The Morgan fingerprint density at radius 3 is 3.07 bits per heavy atom. The van der Waals surface area contributed by atoms with Crippen molar-refractivity contribution >= 4 is 6.29 Å². The number of carbonyl (C=O) groups excluding carboxylic acids is 1. The zero-order chi connectivity index (χ0) is 9.80. The number of aromatic nitrogens is 1. The molecule has 0 spiro atoms.